The van der Waals surface area contributed by atoms with Gasteiger partial charge in [0.05, 0.1) is 18.5 Å². The molecule has 0 amide bonds. The van der Waals surface area contributed by atoms with E-state index in [4.69, 9.17) is 4.74 Å². The Hall–Kier alpha value is -3.02. The molecule has 6 nitrogen and oxygen atoms in total. The molecular weight excluding hydrogens is 304 g/mol. The quantitative estimate of drug-likeness (QED) is 0.805. The molecule has 24 heavy (non-hydrogen) atoms. The van der Waals surface area contributed by atoms with Crippen LogP contribution >= 0.6 is 0 Å². The lowest BCUT2D eigenvalue weighted by molar-refractivity contribution is 0.415. The fourth-order valence-corrected chi connectivity index (χ4v) is 3.20. The average Bonchev–Trinajstić information content (AvgIpc) is 3.24. The molecule has 4 rings (SSSR count). The Morgan fingerprint density at radius 1 is 1.29 bits per heavy atom. The molecule has 122 valence electrons. The van der Waals surface area contributed by atoms with Crippen LogP contribution in [0.25, 0.3) is 5.69 Å². The van der Waals surface area contributed by atoms with Gasteiger partial charge in [-0.25, -0.2) is 4.68 Å². The molecule has 3 aromatic rings. The largest absolute Gasteiger partial charge is 0.494 e. The van der Waals surface area contributed by atoms with Crippen molar-refractivity contribution in [1.29, 1.82) is 0 Å². The molecule has 1 N–H and O–H groups in total. The van der Waals surface area contributed by atoms with E-state index in [9.17, 15) is 4.79 Å². The van der Waals surface area contributed by atoms with Crippen molar-refractivity contribution in [2.45, 2.75) is 13.3 Å². The van der Waals surface area contributed by atoms with Crippen LogP contribution in [-0.2, 0) is 6.42 Å². The lowest BCUT2D eigenvalue weighted by Crippen LogP contribution is -2.16. The van der Waals surface area contributed by atoms with Gasteiger partial charge in [-0.1, -0.05) is 0 Å². The van der Waals surface area contributed by atoms with Crippen molar-refractivity contribution in [2.75, 3.05) is 18.6 Å². The number of pyridine rings is 1. The highest BCUT2D eigenvalue weighted by atomic mass is 16.5. The number of nitrogens with one attached hydrogen (secondary N) is 1. The molecule has 0 bridgehead atoms. The lowest BCUT2D eigenvalue weighted by Gasteiger charge is -2.22. The minimum absolute atomic E-state index is 0.0934. The minimum Gasteiger partial charge on any atom is -0.494 e. The van der Waals surface area contributed by atoms with E-state index < -0.39 is 0 Å². The average molecular weight is 322 g/mol. The zero-order valence-corrected chi connectivity index (χ0v) is 13.6. The van der Waals surface area contributed by atoms with Gasteiger partial charge in [-0.05, 0) is 31.5 Å². The monoisotopic (exact) mass is 322 g/mol. The summed E-state index contributed by atoms with van der Waals surface area (Å²) in [5, 5.41) is 4.25. The molecule has 0 aliphatic carbocycles. The normalized spacial score (nSPS) is 13.2. The molecule has 1 aliphatic rings. The molecule has 0 fully saturated rings. The van der Waals surface area contributed by atoms with Crippen molar-refractivity contribution in [3.05, 3.63) is 64.2 Å². The summed E-state index contributed by atoms with van der Waals surface area (Å²) >= 11 is 0. The topological polar surface area (TPSA) is 63.1 Å². The van der Waals surface area contributed by atoms with Crippen LogP contribution in [0.3, 0.4) is 0 Å². The van der Waals surface area contributed by atoms with Gasteiger partial charge < -0.3 is 14.6 Å². The fraction of sp³-hybridized carbons (Fsp3) is 0.222. The highest BCUT2D eigenvalue weighted by Crippen LogP contribution is 2.38. The Bertz CT molecular complexity index is 944. The standard InChI is InChI=1S/C18H18N4O2/c1-12-10-16(23)14-6-9-21(18(14)20-12)15-5-4-13(11-17(15)24-2)22-8-3-7-19-22/h3-5,7-8,10-11H,6,9H2,1-2H3,(H,20,23). The molecule has 0 atom stereocenters. The second-order valence-corrected chi connectivity index (χ2v) is 5.85. The van der Waals surface area contributed by atoms with Crippen LogP contribution in [0, 0.1) is 6.92 Å². The number of rotatable bonds is 3. The van der Waals surface area contributed by atoms with E-state index in [0.717, 1.165) is 47.2 Å². The van der Waals surface area contributed by atoms with Crippen molar-refractivity contribution >= 4 is 11.5 Å². The number of nitrogens with zero attached hydrogens (tertiary/aromatic N) is 3. The third kappa shape index (κ3) is 2.27. The first-order valence-corrected chi connectivity index (χ1v) is 7.86. The maximum atomic E-state index is 12.2. The van der Waals surface area contributed by atoms with Gasteiger partial charge in [-0.3, -0.25) is 4.79 Å². The first-order chi connectivity index (χ1) is 11.7. The first-order valence-electron chi connectivity index (χ1n) is 7.86. The van der Waals surface area contributed by atoms with E-state index in [2.05, 4.69) is 15.0 Å². The van der Waals surface area contributed by atoms with Crippen molar-refractivity contribution in [3.63, 3.8) is 0 Å². The predicted octanol–water partition coefficient (Wildman–Crippen LogP) is 2.57. The number of aromatic amines is 1. The van der Waals surface area contributed by atoms with Crippen LogP contribution in [-0.4, -0.2) is 28.4 Å². The highest BCUT2D eigenvalue weighted by molar-refractivity contribution is 5.73. The van der Waals surface area contributed by atoms with Crippen LogP contribution < -0.4 is 15.1 Å². The van der Waals surface area contributed by atoms with E-state index in [1.165, 1.54) is 0 Å². The molecule has 0 saturated heterocycles. The summed E-state index contributed by atoms with van der Waals surface area (Å²) in [4.78, 5) is 17.6. The molecule has 0 saturated carbocycles. The Morgan fingerprint density at radius 2 is 2.17 bits per heavy atom. The first kappa shape index (κ1) is 14.6. The van der Waals surface area contributed by atoms with Crippen LogP contribution in [0.1, 0.15) is 11.3 Å². The number of benzene rings is 1. The van der Waals surface area contributed by atoms with Crippen molar-refractivity contribution in [1.82, 2.24) is 14.8 Å². The van der Waals surface area contributed by atoms with E-state index in [1.807, 2.05) is 37.4 Å². The number of anilines is 2. The third-order valence-electron chi connectivity index (χ3n) is 4.32. The number of hydrogen-bond acceptors (Lipinski definition) is 4. The number of aryl methyl sites for hydroxylation is 1. The number of aromatic nitrogens is 3. The zero-order chi connectivity index (χ0) is 16.7. The number of ether oxygens (including phenoxy) is 1. The fourth-order valence-electron chi connectivity index (χ4n) is 3.20. The third-order valence-corrected chi connectivity index (χ3v) is 4.32. The summed E-state index contributed by atoms with van der Waals surface area (Å²) in [5.41, 5.74) is 3.65. The zero-order valence-electron chi connectivity index (χ0n) is 13.6. The molecule has 0 spiro atoms. The van der Waals surface area contributed by atoms with Crippen molar-refractivity contribution in [3.8, 4) is 11.4 Å². The number of fused-ring (bicyclic) bond motifs is 1. The van der Waals surface area contributed by atoms with Gasteiger partial charge in [-0.15, -0.1) is 0 Å². The summed E-state index contributed by atoms with van der Waals surface area (Å²) in [6, 6.07) is 9.49. The van der Waals surface area contributed by atoms with Crippen LogP contribution in [0.4, 0.5) is 11.5 Å². The maximum absolute atomic E-state index is 12.2. The second-order valence-electron chi connectivity index (χ2n) is 5.85. The van der Waals surface area contributed by atoms with Gasteiger partial charge in [-0.2, -0.15) is 5.10 Å². The highest BCUT2D eigenvalue weighted by Gasteiger charge is 2.26. The summed E-state index contributed by atoms with van der Waals surface area (Å²) in [5.74, 6) is 1.61. The van der Waals surface area contributed by atoms with Gasteiger partial charge in [0, 0.05) is 42.3 Å². The second kappa shape index (κ2) is 5.56. The number of methoxy groups -OCH3 is 1. The van der Waals surface area contributed by atoms with E-state index in [-0.39, 0.29) is 5.43 Å². The van der Waals surface area contributed by atoms with Gasteiger partial charge in [0.15, 0.2) is 5.43 Å². The van der Waals surface area contributed by atoms with Crippen molar-refractivity contribution < 1.29 is 4.74 Å². The van der Waals surface area contributed by atoms with Gasteiger partial charge >= 0.3 is 0 Å². The predicted molar refractivity (Wildman–Crippen MR) is 92.6 cm³/mol. The summed E-state index contributed by atoms with van der Waals surface area (Å²) in [7, 11) is 1.65. The smallest absolute Gasteiger partial charge is 0.187 e. The van der Waals surface area contributed by atoms with Crippen LogP contribution in [0.5, 0.6) is 5.75 Å². The van der Waals surface area contributed by atoms with Crippen LogP contribution in [0.2, 0.25) is 0 Å². The Labute approximate surface area is 139 Å². The Kier molecular flexibility index (Phi) is 3.37. The number of hydrogen-bond donors (Lipinski definition) is 1. The molecule has 1 aliphatic heterocycles. The van der Waals surface area contributed by atoms with Gasteiger partial charge in [0.25, 0.3) is 0 Å². The molecule has 2 aromatic heterocycles. The van der Waals surface area contributed by atoms with Gasteiger partial charge in [0.1, 0.15) is 11.6 Å². The Balaban J connectivity index is 1.80. The summed E-state index contributed by atoms with van der Waals surface area (Å²) in [6.07, 6.45) is 4.36. The van der Waals surface area contributed by atoms with E-state index >= 15 is 0 Å². The molecule has 0 radical (unpaired) electrons. The minimum atomic E-state index is 0.0934. The lowest BCUT2D eigenvalue weighted by atomic mass is 10.2. The maximum Gasteiger partial charge on any atom is 0.187 e. The molecule has 1 aromatic carbocycles. The van der Waals surface area contributed by atoms with Gasteiger partial charge in [0.2, 0.25) is 0 Å². The summed E-state index contributed by atoms with van der Waals surface area (Å²) in [6.45, 7) is 2.65. The molecular formula is C18H18N4O2. The molecule has 6 heteroatoms. The molecule has 0 unspecified atom stereocenters. The van der Waals surface area contributed by atoms with Crippen molar-refractivity contribution in [2.24, 2.45) is 0 Å². The van der Waals surface area contributed by atoms with E-state index in [1.54, 1.807) is 24.1 Å². The van der Waals surface area contributed by atoms with Crippen LogP contribution in [0.15, 0.2) is 47.5 Å². The SMILES string of the molecule is COc1cc(-n2cccn2)ccc1N1CCc2c1[nH]c(C)cc2=O. The van der Waals surface area contributed by atoms with E-state index in [0.29, 0.717) is 0 Å². The summed E-state index contributed by atoms with van der Waals surface area (Å²) < 4.78 is 7.39. The molecule has 3 heterocycles. The number of H-pyrrole nitrogens is 1. The Morgan fingerprint density at radius 3 is 2.92 bits per heavy atom.